The number of aliphatic hydroxyl groups is 1. The number of carbonyl (C=O) groups excluding carboxylic acids is 1. The molecule has 0 aromatic rings. The number of hydrogen-bond donors (Lipinski definition) is 1. The lowest BCUT2D eigenvalue weighted by atomic mass is 9.88. The molecule has 0 heterocycles. The Morgan fingerprint density at radius 1 is 1.50 bits per heavy atom. The minimum absolute atomic E-state index is 0.164. The third-order valence-corrected chi connectivity index (χ3v) is 2.25. The van der Waals surface area contributed by atoms with E-state index in [1.807, 2.05) is 13.8 Å². The van der Waals surface area contributed by atoms with Crippen LogP contribution < -0.4 is 0 Å². The van der Waals surface area contributed by atoms with Crippen molar-refractivity contribution in [3.05, 3.63) is 0 Å². The molecule has 0 fully saturated rings. The normalized spacial score (nSPS) is 18.1. The van der Waals surface area contributed by atoms with Crippen molar-refractivity contribution in [2.24, 2.45) is 11.8 Å². The van der Waals surface area contributed by atoms with Crippen molar-refractivity contribution in [1.82, 2.24) is 0 Å². The number of methoxy groups -OCH3 is 1. The standard InChI is InChI=1S/C9H18O3/c1-5-6(2)8(7(3)10)9(11)12-4/h6-8,10H,5H2,1-4H3/t6?,7-,8+/m0/s1. The van der Waals surface area contributed by atoms with Crippen LogP contribution in [0.3, 0.4) is 0 Å². The summed E-state index contributed by atoms with van der Waals surface area (Å²) in [6.07, 6.45) is 0.234. The molecule has 0 rings (SSSR count). The Balaban J connectivity index is 4.32. The Labute approximate surface area is 73.7 Å². The van der Waals surface area contributed by atoms with Crippen molar-refractivity contribution in [2.45, 2.75) is 33.3 Å². The Bertz CT molecular complexity index is 143. The molecule has 1 unspecified atom stereocenters. The third kappa shape index (κ3) is 2.81. The molecule has 3 nitrogen and oxygen atoms in total. The maximum Gasteiger partial charge on any atom is 0.311 e. The maximum absolute atomic E-state index is 11.2. The first-order chi connectivity index (χ1) is 5.54. The lowest BCUT2D eigenvalue weighted by Gasteiger charge is -2.22. The molecular formula is C9H18O3. The van der Waals surface area contributed by atoms with Crippen LogP contribution in [0.15, 0.2) is 0 Å². The van der Waals surface area contributed by atoms with Crippen molar-refractivity contribution in [3.63, 3.8) is 0 Å². The van der Waals surface area contributed by atoms with Gasteiger partial charge in [0.2, 0.25) is 0 Å². The lowest BCUT2D eigenvalue weighted by molar-refractivity contribution is -0.151. The minimum atomic E-state index is -0.632. The highest BCUT2D eigenvalue weighted by Gasteiger charge is 2.29. The first-order valence-corrected chi connectivity index (χ1v) is 4.30. The molecule has 0 amide bonds. The molecule has 0 aliphatic heterocycles. The Morgan fingerprint density at radius 3 is 2.25 bits per heavy atom. The van der Waals surface area contributed by atoms with Crippen molar-refractivity contribution in [2.75, 3.05) is 7.11 Å². The Kier molecular flexibility index (Phi) is 4.90. The second kappa shape index (κ2) is 5.14. The molecule has 0 radical (unpaired) electrons. The van der Waals surface area contributed by atoms with E-state index in [1.54, 1.807) is 6.92 Å². The number of esters is 1. The average Bonchev–Trinajstić information content (AvgIpc) is 2.03. The summed E-state index contributed by atoms with van der Waals surface area (Å²) in [5.41, 5.74) is 0. The summed E-state index contributed by atoms with van der Waals surface area (Å²) >= 11 is 0. The molecular weight excluding hydrogens is 156 g/mol. The van der Waals surface area contributed by atoms with E-state index in [4.69, 9.17) is 0 Å². The number of hydrogen-bond acceptors (Lipinski definition) is 3. The van der Waals surface area contributed by atoms with Crippen molar-refractivity contribution in [1.29, 1.82) is 0 Å². The molecule has 3 atom stereocenters. The molecule has 72 valence electrons. The first-order valence-electron chi connectivity index (χ1n) is 4.30. The van der Waals surface area contributed by atoms with Crippen LogP contribution in [-0.2, 0) is 9.53 Å². The van der Waals surface area contributed by atoms with E-state index in [0.717, 1.165) is 6.42 Å². The molecule has 0 saturated carbocycles. The van der Waals surface area contributed by atoms with Gasteiger partial charge in [0.05, 0.1) is 19.1 Å². The topological polar surface area (TPSA) is 46.5 Å². The average molecular weight is 174 g/mol. The molecule has 3 heteroatoms. The van der Waals surface area contributed by atoms with Crippen molar-refractivity contribution < 1.29 is 14.6 Å². The van der Waals surface area contributed by atoms with Gasteiger partial charge in [-0.1, -0.05) is 20.3 Å². The lowest BCUT2D eigenvalue weighted by Crippen LogP contribution is -2.32. The molecule has 1 N–H and O–H groups in total. The van der Waals surface area contributed by atoms with Gasteiger partial charge in [-0.25, -0.2) is 0 Å². The van der Waals surface area contributed by atoms with Gasteiger partial charge in [-0.05, 0) is 12.8 Å². The number of ether oxygens (including phenoxy) is 1. The van der Waals surface area contributed by atoms with E-state index in [2.05, 4.69) is 4.74 Å². The summed E-state index contributed by atoms with van der Waals surface area (Å²) in [5.74, 6) is -0.545. The fourth-order valence-corrected chi connectivity index (χ4v) is 1.29. The zero-order valence-corrected chi connectivity index (χ0v) is 8.20. The second-order valence-electron chi connectivity index (χ2n) is 3.18. The second-order valence-corrected chi connectivity index (χ2v) is 3.18. The van der Waals surface area contributed by atoms with Gasteiger partial charge >= 0.3 is 5.97 Å². The zero-order chi connectivity index (χ0) is 9.72. The number of rotatable bonds is 4. The van der Waals surface area contributed by atoms with E-state index in [-0.39, 0.29) is 17.8 Å². The van der Waals surface area contributed by atoms with E-state index < -0.39 is 6.10 Å². The van der Waals surface area contributed by atoms with Crippen LogP contribution in [0.1, 0.15) is 27.2 Å². The SMILES string of the molecule is CCC(C)[C@@H](C(=O)OC)[C@H](C)O. The van der Waals surface area contributed by atoms with E-state index >= 15 is 0 Å². The van der Waals surface area contributed by atoms with Gasteiger partial charge in [0.25, 0.3) is 0 Å². The highest BCUT2D eigenvalue weighted by Crippen LogP contribution is 2.20. The van der Waals surface area contributed by atoms with E-state index in [0.29, 0.717) is 0 Å². The summed E-state index contributed by atoms with van der Waals surface area (Å²) in [7, 11) is 1.35. The van der Waals surface area contributed by atoms with Gasteiger partial charge in [0.15, 0.2) is 0 Å². The fourth-order valence-electron chi connectivity index (χ4n) is 1.29. The van der Waals surface area contributed by atoms with Crippen molar-refractivity contribution >= 4 is 5.97 Å². The van der Waals surface area contributed by atoms with Gasteiger partial charge in [-0.3, -0.25) is 4.79 Å². The Morgan fingerprint density at radius 2 is 2.00 bits per heavy atom. The van der Waals surface area contributed by atoms with Crippen LogP contribution in [0.5, 0.6) is 0 Å². The highest BCUT2D eigenvalue weighted by atomic mass is 16.5. The third-order valence-electron chi connectivity index (χ3n) is 2.25. The molecule has 12 heavy (non-hydrogen) atoms. The minimum Gasteiger partial charge on any atom is -0.469 e. The molecule has 0 aromatic carbocycles. The summed E-state index contributed by atoms with van der Waals surface area (Å²) in [6.45, 7) is 5.55. The molecule has 0 aromatic heterocycles. The van der Waals surface area contributed by atoms with Crippen molar-refractivity contribution in [3.8, 4) is 0 Å². The molecule has 0 spiro atoms. The molecule has 0 bridgehead atoms. The predicted octanol–water partition coefficient (Wildman–Crippen LogP) is 1.20. The summed E-state index contributed by atoms with van der Waals surface area (Å²) < 4.78 is 4.60. The van der Waals surface area contributed by atoms with Gasteiger partial charge in [0, 0.05) is 0 Å². The molecule has 0 aliphatic carbocycles. The van der Waals surface area contributed by atoms with Gasteiger partial charge in [0.1, 0.15) is 0 Å². The smallest absolute Gasteiger partial charge is 0.311 e. The first kappa shape index (κ1) is 11.4. The largest absolute Gasteiger partial charge is 0.469 e. The van der Waals surface area contributed by atoms with Gasteiger partial charge in [-0.2, -0.15) is 0 Å². The van der Waals surface area contributed by atoms with E-state index in [9.17, 15) is 9.90 Å². The summed E-state index contributed by atoms with van der Waals surface area (Å²) in [6, 6.07) is 0. The Hall–Kier alpha value is -0.570. The highest BCUT2D eigenvalue weighted by molar-refractivity contribution is 5.73. The molecule has 0 aliphatic rings. The number of carbonyl (C=O) groups is 1. The zero-order valence-electron chi connectivity index (χ0n) is 8.20. The van der Waals surface area contributed by atoms with Gasteiger partial charge in [-0.15, -0.1) is 0 Å². The van der Waals surface area contributed by atoms with Crippen LogP contribution in [0, 0.1) is 11.8 Å². The maximum atomic E-state index is 11.2. The summed E-state index contributed by atoms with van der Waals surface area (Å²) in [4.78, 5) is 11.2. The van der Waals surface area contributed by atoms with Crippen LogP contribution >= 0.6 is 0 Å². The van der Waals surface area contributed by atoms with Gasteiger partial charge < -0.3 is 9.84 Å². The molecule has 0 saturated heterocycles. The quantitative estimate of drug-likeness (QED) is 0.651. The van der Waals surface area contributed by atoms with E-state index in [1.165, 1.54) is 7.11 Å². The van der Waals surface area contributed by atoms with Crippen LogP contribution in [-0.4, -0.2) is 24.3 Å². The van der Waals surface area contributed by atoms with Crippen LogP contribution in [0.25, 0.3) is 0 Å². The number of aliphatic hydroxyl groups excluding tert-OH is 1. The predicted molar refractivity (Wildman–Crippen MR) is 46.6 cm³/mol. The fraction of sp³-hybridized carbons (Fsp3) is 0.889. The summed E-state index contributed by atoms with van der Waals surface area (Å²) in [5, 5.41) is 9.31. The monoisotopic (exact) mass is 174 g/mol. The van der Waals surface area contributed by atoms with Crippen LogP contribution in [0.2, 0.25) is 0 Å². The van der Waals surface area contributed by atoms with Crippen LogP contribution in [0.4, 0.5) is 0 Å².